The summed E-state index contributed by atoms with van der Waals surface area (Å²) in [6.07, 6.45) is -7.13. The fourth-order valence-corrected chi connectivity index (χ4v) is 2.80. The van der Waals surface area contributed by atoms with Crippen molar-refractivity contribution in [2.45, 2.75) is 18.4 Å². The van der Waals surface area contributed by atoms with Crippen LogP contribution >= 0.6 is 0 Å². The van der Waals surface area contributed by atoms with Crippen molar-refractivity contribution in [3.05, 3.63) is 41.6 Å². The van der Waals surface area contributed by atoms with Gasteiger partial charge in [-0.15, -0.1) is 5.10 Å². The first-order valence-corrected chi connectivity index (χ1v) is 8.14. The molecule has 1 saturated heterocycles. The third-order valence-electron chi connectivity index (χ3n) is 4.21. The van der Waals surface area contributed by atoms with Crippen molar-refractivity contribution in [2.24, 2.45) is 0 Å². The van der Waals surface area contributed by atoms with Crippen LogP contribution in [-0.4, -0.2) is 57.2 Å². The Bertz CT molecular complexity index is 998. The summed E-state index contributed by atoms with van der Waals surface area (Å²) < 4.78 is 45.5. The van der Waals surface area contributed by atoms with E-state index in [-0.39, 0.29) is 24.7 Å². The molecule has 1 aliphatic heterocycles. The minimum atomic E-state index is -4.74. The Kier molecular flexibility index (Phi) is 5.27. The van der Waals surface area contributed by atoms with Gasteiger partial charge in [0.1, 0.15) is 0 Å². The number of alkyl halides is 3. The number of carboxylic acid groups (broad SMARTS) is 1. The molecule has 2 atom stereocenters. The van der Waals surface area contributed by atoms with Crippen molar-refractivity contribution in [2.75, 3.05) is 18.1 Å². The highest BCUT2D eigenvalue weighted by Gasteiger charge is 2.40. The second kappa shape index (κ2) is 7.53. The fraction of sp³-hybridized carbons (Fsp3) is 0.294. The molecule has 2 heterocycles. The van der Waals surface area contributed by atoms with Gasteiger partial charge in [-0.25, -0.2) is 9.48 Å². The number of amides is 1. The van der Waals surface area contributed by atoms with E-state index in [1.807, 2.05) is 0 Å². The summed E-state index contributed by atoms with van der Waals surface area (Å²) in [6.45, 7) is -0.0530. The fourth-order valence-electron chi connectivity index (χ4n) is 2.80. The number of rotatable bonds is 4. The number of benzene rings is 1. The van der Waals surface area contributed by atoms with Gasteiger partial charge in [-0.3, -0.25) is 9.69 Å². The SMILES string of the molecule is N#Cc1ccc(-n2ccc(N3CCOC(C(O)C(=O)O)C3=O)n2)cc1C(F)(F)F. The maximum Gasteiger partial charge on any atom is 0.417 e. The molecule has 1 aliphatic rings. The first kappa shape index (κ1) is 20.3. The number of aliphatic hydroxyl groups excluding tert-OH is 1. The smallest absolute Gasteiger partial charge is 0.417 e. The normalized spacial score (nSPS) is 18.4. The summed E-state index contributed by atoms with van der Waals surface area (Å²) in [5.74, 6) is -2.43. The lowest BCUT2D eigenvalue weighted by atomic mass is 10.1. The number of carbonyl (C=O) groups is 2. The van der Waals surface area contributed by atoms with Gasteiger partial charge in [-0.1, -0.05) is 0 Å². The van der Waals surface area contributed by atoms with Crippen molar-refractivity contribution in [3.8, 4) is 11.8 Å². The first-order valence-electron chi connectivity index (χ1n) is 8.14. The molecular weight excluding hydrogens is 397 g/mol. The predicted octanol–water partition coefficient (Wildman–Crippen LogP) is 0.940. The molecule has 1 amide bonds. The van der Waals surface area contributed by atoms with Crippen molar-refractivity contribution in [1.82, 2.24) is 9.78 Å². The molecule has 0 spiro atoms. The molecule has 29 heavy (non-hydrogen) atoms. The van der Waals surface area contributed by atoms with Crippen LogP contribution in [0.4, 0.5) is 19.0 Å². The van der Waals surface area contributed by atoms with E-state index in [1.54, 1.807) is 0 Å². The number of anilines is 1. The summed E-state index contributed by atoms with van der Waals surface area (Å²) in [5.41, 5.74) is -1.66. The Balaban J connectivity index is 1.91. The second-order valence-electron chi connectivity index (χ2n) is 6.02. The summed E-state index contributed by atoms with van der Waals surface area (Å²) in [7, 11) is 0. The van der Waals surface area contributed by atoms with Gasteiger partial charge >= 0.3 is 12.1 Å². The van der Waals surface area contributed by atoms with Crippen LogP contribution in [0.5, 0.6) is 0 Å². The molecule has 1 aromatic carbocycles. The van der Waals surface area contributed by atoms with E-state index in [4.69, 9.17) is 15.1 Å². The molecule has 152 valence electrons. The molecular formula is C17H13F3N4O5. The second-order valence-corrected chi connectivity index (χ2v) is 6.02. The number of halogens is 3. The van der Waals surface area contributed by atoms with Crippen molar-refractivity contribution in [1.29, 1.82) is 5.26 Å². The van der Waals surface area contributed by atoms with Crippen LogP contribution in [0, 0.1) is 11.3 Å². The van der Waals surface area contributed by atoms with Gasteiger partial charge in [-0.2, -0.15) is 18.4 Å². The maximum atomic E-state index is 13.1. The number of ether oxygens (including phenoxy) is 1. The number of morpholine rings is 1. The molecule has 3 rings (SSSR count). The number of carboxylic acids is 1. The average molecular weight is 410 g/mol. The molecule has 2 N–H and O–H groups in total. The van der Waals surface area contributed by atoms with Gasteiger partial charge in [0.15, 0.2) is 18.0 Å². The summed E-state index contributed by atoms with van der Waals surface area (Å²) >= 11 is 0. The molecule has 1 aromatic heterocycles. The number of aliphatic carboxylic acids is 1. The minimum absolute atomic E-state index is 0.00500. The highest BCUT2D eigenvalue weighted by atomic mass is 19.4. The van der Waals surface area contributed by atoms with Gasteiger partial charge < -0.3 is 14.9 Å². The maximum absolute atomic E-state index is 13.1. The third-order valence-corrected chi connectivity index (χ3v) is 4.21. The zero-order valence-corrected chi connectivity index (χ0v) is 14.5. The highest BCUT2D eigenvalue weighted by Crippen LogP contribution is 2.33. The monoisotopic (exact) mass is 410 g/mol. The van der Waals surface area contributed by atoms with Crippen LogP contribution in [-0.2, 0) is 20.5 Å². The lowest BCUT2D eigenvalue weighted by molar-refractivity contribution is -0.163. The Hall–Kier alpha value is -3.43. The lowest BCUT2D eigenvalue weighted by Gasteiger charge is -2.31. The average Bonchev–Trinajstić information content (AvgIpc) is 3.16. The van der Waals surface area contributed by atoms with Crippen LogP contribution < -0.4 is 4.90 Å². The summed E-state index contributed by atoms with van der Waals surface area (Å²) in [5, 5.41) is 31.4. The Morgan fingerprint density at radius 3 is 2.72 bits per heavy atom. The topological polar surface area (TPSA) is 129 Å². The Morgan fingerprint density at radius 1 is 1.38 bits per heavy atom. The molecule has 0 radical (unpaired) electrons. The van der Waals surface area contributed by atoms with Crippen LogP contribution in [0.25, 0.3) is 5.69 Å². The predicted molar refractivity (Wildman–Crippen MR) is 89.0 cm³/mol. The summed E-state index contributed by atoms with van der Waals surface area (Å²) in [4.78, 5) is 24.4. The molecule has 0 bridgehead atoms. The van der Waals surface area contributed by atoms with E-state index in [0.717, 1.165) is 21.7 Å². The quantitative estimate of drug-likeness (QED) is 0.768. The number of carbonyl (C=O) groups excluding carboxylic acids is 1. The molecule has 9 nitrogen and oxygen atoms in total. The van der Waals surface area contributed by atoms with E-state index in [9.17, 15) is 27.9 Å². The van der Waals surface area contributed by atoms with E-state index in [0.29, 0.717) is 0 Å². The number of nitriles is 1. The van der Waals surface area contributed by atoms with Crippen LogP contribution in [0.3, 0.4) is 0 Å². The van der Waals surface area contributed by atoms with Gasteiger partial charge in [-0.05, 0) is 18.2 Å². The number of aliphatic hydroxyl groups is 1. The van der Waals surface area contributed by atoms with Crippen LogP contribution in [0.15, 0.2) is 30.5 Å². The first-order chi connectivity index (χ1) is 13.6. The van der Waals surface area contributed by atoms with Crippen molar-refractivity contribution in [3.63, 3.8) is 0 Å². The van der Waals surface area contributed by atoms with Gasteiger partial charge in [0, 0.05) is 12.3 Å². The van der Waals surface area contributed by atoms with E-state index in [1.165, 1.54) is 24.4 Å². The number of hydrogen-bond acceptors (Lipinski definition) is 6. The highest BCUT2D eigenvalue weighted by molar-refractivity contribution is 5.99. The largest absolute Gasteiger partial charge is 0.479 e. The molecule has 12 heteroatoms. The van der Waals surface area contributed by atoms with E-state index in [2.05, 4.69) is 5.10 Å². The zero-order valence-electron chi connectivity index (χ0n) is 14.5. The van der Waals surface area contributed by atoms with Gasteiger partial charge in [0.2, 0.25) is 0 Å². The van der Waals surface area contributed by atoms with Crippen LogP contribution in [0.2, 0.25) is 0 Å². The van der Waals surface area contributed by atoms with Gasteiger partial charge in [0.05, 0.1) is 36.0 Å². The molecule has 0 saturated carbocycles. The summed E-state index contributed by atoms with van der Waals surface area (Å²) in [6, 6.07) is 5.86. The third kappa shape index (κ3) is 3.91. The van der Waals surface area contributed by atoms with Crippen molar-refractivity contribution >= 4 is 17.7 Å². The Labute approximate surface area is 161 Å². The van der Waals surface area contributed by atoms with Crippen LogP contribution in [0.1, 0.15) is 11.1 Å². The van der Waals surface area contributed by atoms with E-state index < -0.39 is 41.4 Å². The molecule has 0 aliphatic carbocycles. The minimum Gasteiger partial charge on any atom is -0.479 e. The van der Waals surface area contributed by atoms with Gasteiger partial charge in [0.25, 0.3) is 5.91 Å². The lowest BCUT2D eigenvalue weighted by Crippen LogP contribution is -2.54. The van der Waals surface area contributed by atoms with E-state index >= 15 is 0 Å². The molecule has 2 aromatic rings. The number of nitrogens with zero attached hydrogens (tertiary/aromatic N) is 4. The molecule has 1 fully saturated rings. The zero-order chi connectivity index (χ0) is 21.3. The Morgan fingerprint density at radius 2 is 2.10 bits per heavy atom. The van der Waals surface area contributed by atoms with Crippen molar-refractivity contribution < 1.29 is 37.7 Å². The number of hydrogen-bond donors (Lipinski definition) is 2. The number of aromatic nitrogens is 2. The molecule has 2 unspecified atom stereocenters. The standard InChI is InChI=1S/C17H13F3N4O5/c18-17(19,20)11-7-10(2-1-9(11)8-21)24-4-3-12(22-24)23-5-6-29-14(15(23)26)13(25)16(27)28/h1-4,7,13-14,25H,5-6H2,(H,27,28).